The average molecular weight is 594 g/mol. The second kappa shape index (κ2) is 13.1. The summed E-state index contributed by atoms with van der Waals surface area (Å²) in [6.45, 7) is 2.01. The molecular formula is C25H24F5N9O3. The number of aromatic nitrogens is 7. The molecule has 0 saturated carbocycles. The number of nitrogens with one attached hydrogen (secondary N) is 2. The highest BCUT2D eigenvalue weighted by atomic mass is 19.4. The van der Waals surface area contributed by atoms with Crippen molar-refractivity contribution in [3.05, 3.63) is 77.3 Å². The average Bonchev–Trinajstić information content (AvgIpc) is 3.57. The molecule has 1 unspecified atom stereocenters. The largest absolute Gasteiger partial charge is 0.573 e. The van der Waals surface area contributed by atoms with Crippen molar-refractivity contribution in [2.75, 3.05) is 5.32 Å². The standard InChI is InChI=1S/C25H24F5N9O3/c1-15-4-6-31-18(8-15)11-32-24(41)21-13-38(36-34-21)7-5-17(26)12-39-14-22(35-37-39)33-23(40)10-16-9-19(2-3-20(16)27)42-25(28,29)30/h2-4,6,8-9,13-14,17H,5,7,10-12H2,1H3,(H,32,41)(H,33,40). The van der Waals surface area contributed by atoms with Crippen molar-refractivity contribution in [2.45, 2.75) is 51.9 Å². The molecule has 0 radical (unpaired) electrons. The minimum Gasteiger partial charge on any atom is -0.406 e. The summed E-state index contributed by atoms with van der Waals surface area (Å²) in [5, 5.41) is 20.1. The summed E-state index contributed by atoms with van der Waals surface area (Å²) in [6.07, 6.45) is -2.72. The fraction of sp³-hybridized carbons (Fsp3) is 0.320. The van der Waals surface area contributed by atoms with E-state index >= 15 is 0 Å². The molecule has 42 heavy (non-hydrogen) atoms. The van der Waals surface area contributed by atoms with Gasteiger partial charge < -0.3 is 15.4 Å². The van der Waals surface area contributed by atoms with Crippen molar-refractivity contribution in [1.82, 2.24) is 40.3 Å². The summed E-state index contributed by atoms with van der Waals surface area (Å²) in [4.78, 5) is 28.7. The van der Waals surface area contributed by atoms with E-state index in [0.717, 1.165) is 28.4 Å². The lowest BCUT2D eigenvalue weighted by Crippen LogP contribution is -2.23. The first-order chi connectivity index (χ1) is 19.9. The number of nitrogens with zero attached hydrogens (tertiary/aromatic N) is 7. The Morgan fingerprint density at radius 2 is 1.86 bits per heavy atom. The number of benzene rings is 1. The predicted molar refractivity (Wildman–Crippen MR) is 135 cm³/mol. The quantitative estimate of drug-likeness (QED) is 0.239. The third-order valence-electron chi connectivity index (χ3n) is 5.64. The number of ether oxygens (including phenoxy) is 1. The molecule has 2 N–H and O–H groups in total. The van der Waals surface area contributed by atoms with Crippen LogP contribution in [0.1, 0.15) is 33.7 Å². The van der Waals surface area contributed by atoms with E-state index in [1.54, 1.807) is 6.20 Å². The zero-order valence-electron chi connectivity index (χ0n) is 22.0. The van der Waals surface area contributed by atoms with Crippen LogP contribution in [-0.4, -0.2) is 59.3 Å². The van der Waals surface area contributed by atoms with E-state index in [1.165, 1.54) is 17.1 Å². The second-order valence-corrected chi connectivity index (χ2v) is 9.11. The number of halogens is 5. The first-order valence-corrected chi connectivity index (χ1v) is 12.4. The third kappa shape index (κ3) is 9.03. The lowest BCUT2D eigenvalue weighted by Gasteiger charge is -2.10. The van der Waals surface area contributed by atoms with Gasteiger partial charge in [-0.1, -0.05) is 10.4 Å². The van der Waals surface area contributed by atoms with Crippen molar-refractivity contribution >= 4 is 17.6 Å². The summed E-state index contributed by atoms with van der Waals surface area (Å²) in [5.41, 5.74) is 1.43. The molecule has 4 aromatic rings. The van der Waals surface area contributed by atoms with E-state index in [2.05, 4.69) is 41.0 Å². The fourth-order valence-corrected chi connectivity index (χ4v) is 3.72. The van der Waals surface area contributed by atoms with Gasteiger partial charge in [0.15, 0.2) is 11.5 Å². The fourth-order valence-electron chi connectivity index (χ4n) is 3.72. The number of hydrogen-bond donors (Lipinski definition) is 2. The van der Waals surface area contributed by atoms with Crippen molar-refractivity contribution in [1.29, 1.82) is 0 Å². The molecule has 2 amide bonds. The van der Waals surface area contributed by atoms with E-state index in [9.17, 15) is 31.5 Å². The Labute approximate surface area is 234 Å². The number of pyridine rings is 1. The normalized spacial score (nSPS) is 12.1. The van der Waals surface area contributed by atoms with Crippen LogP contribution in [0.3, 0.4) is 0 Å². The highest BCUT2D eigenvalue weighted by Crippen LogP contribution is 2.25. The zero-order valence-corrected chi connectivity index (χ0v) is 22.0. The summed E-state index contributed by atoms with van der Waals surface area (Å²) < 4.78 is 72.0. The highest BCUT2D eigenvalue weighted by molar-refractivity contribution is 5.92. The Balaban J connectivity index is 1.22. The molecule has 1 aromatic carbocycles. The monoisotopic (exact) mass is 593 g/mol. The minimum atomic E-state index is -4.97. The van der Waals surface area contributed by atoms with E-state index in [0.29, 0.717) is 5.69 Å². The van der Waals surface area contributed by atoms with Crippen LogP contribution >= 0.6 is 0 Å². The summed E-state index contributed by atoms with van der Waals surface area (Å²) >= 11 is 0. The van der Waals surface area contributed by atoms with Crippen LogP contribution in [-0.2, 0) is 30.8 Å². The molecule has 0 fully saturated rings. The third-order valence-corrected chi connectivity index (χ3v) is 5.64. The Morgan fingerprint density at radius 1 is 1.07 bits per heavy atom. The smallest absolute Gasteiger partial charge is 0.406 e. The maximum Gasteiger partial charge on any atom is 0.573 e. The molecule has 17 heteroatoms. The van der Waals surface area contributed by atoms with Crippen LogP contribution in [0.25, 0.3) is 0 Å². The Kier molecular flexibility index (Phi) is 9.39. The van der Waals surface area contributed by atoms with Crippen molar-refractivity contribution in [3.63, 3.8) is 0 Å². The maximum absolute atomic E-state index is 14.6. The van der Waals surface area contributed by atoms with Crippen LogP contribution in [0.15, 0.2) is 48.9 Å². The van der Waals surface area contributed by atoms with E-state index < -0.39 is 42.3 Å². The SMILES string of the molecule is Cc1ccnc(CNC(=O)c2cn(CCC(F)Cn3cc(NC(=O)Cc4cc(OC(F)(F)F)ccc4F)nn3)nn2)c1. The molecule has 0 aliphatic heterocycles. The number of hydrogen-bond acceptors (Lipinski definition) is 8. The predicted octanol–water partition coefficient (Wildman–Crippen LogP) is 3.15. The van der Waals surface area contributed by atoms with Gasteiger partial charge in [0.25, 0.3) is 5.91 Å². The van der Waals surface area contributed by atoms with Gasteiger partial charge in [0.1, 0.15) is 17.7 Å². The topological polar surface area (TPSA) is 142 Å². The van der Waals surface area contributed by atoms with Gasteiger partial charge in [0, 0.05) is 24.7 Å². The summed E-state index contributed by atoms with van der Waals surface area (Å²) in [6, 6.07) is 5.98. The first-order valence-electron chi connectivity index (χ1n) is 12.4. The van der Waals surface area contributed by atoms with Gasteiger partial charge in [-0.05, 0) is 42.8 Å². The molecule has 0 spiro atoms. The number of carbonyl (C=O) groups is 2. The zero-order chi connectivity index (χ0) is 30.3. The molecule has 0 aliphatic rings. The summed E-state index contributed by atoms with van der Waals surface area (Å²) in [7, 11) is 0. The van der Waals surface area contributed by atoms with Crippen LogP contribution in [0.2, 0.25) is 0 Å². The van der Waals surface area contributed by atoms with Crippen molar-refractivity contribution in [3.8, 4) is 5.75 Å². The molecule has 1 atom stereocenters. The van der Waals surface area contributed by atoms with Gasteiger partial charge in [0.05, 0.1) is 37.6 Å². The van der Waals surface area contributed by atoms with Gasteiger partial charge in [-0.2, -0.15) is 0 Å². The number of rotatable bonds is 12. The molecule has 222 valence electrons. The molecule has 4 rings (SSSR count). The Morgan fingerprint density at radius 3 is 2.62 bits per heavy atom. The van der Waals surface area contributed by atoms with Crippen molar-refractivity contribution in [2.24, 2.45) is 0 Å². The lowest BCUT2D eigenvalue weighted by molar-refractivity contribution is -0.274. The molecule has 12 nitrogen and oxygen atoms in total. The number of anilines is 1. The lowest BCUT2D eigenvalue weighted by atomic mass is 10.1. The van der Waals surface area contributed by atoms with Crippen LogP contribution < -0.4 is 15.4 Å². The van der Waals surface area contributed by atoms with Gasteiger partial charge in [-0.25, -0.2) is 13.5 Å². The Bertz CT molecular complexity index is 1540. The minimum absolute atomic E-state index is 0.00516. The molecular weight excluding hydrogens is 569 g/mol. The second-order valence-electron chi connectivity index (χ2n) is 9.11. The summed E-state index contributed by atoms with van der Waals surface area (Å²) in [5.74, 6) is -2.88. The molecule has 3 heterocycles. The maximum atomic E-state index is 14.6. The van der Waals surface area contributed by atoms with Crippen LogP contribution in [0.5, 0.6) is 5.75 Å². The Hall–Kier alpha value is -4.96. The highest BCUT2D eigenvalue weighted by Gasteiger charge is 2.31. The van der Waals surface area contributed by atoms with Gasteiger partial charge in [-0.15, -0.1) is 23.4 Å². The van der Waals surface area contributed by atoms with Gasteiger partial charge in [0.2, 0.25) is 5.91 Å². The molecule has 0 bridgehead atoms. The molecule has 0 saturated heterocycles. The number of amides is 2. The van der Waals surface area contributed by atoms with E-state index in [4.69, 9.17) is 0 Å². The molecule has 3 aromatic heterocycles. The first kappa shape index (κ1) is 30.0. The number of carbonyl (C=O) groups excluding carboxylic acids is 2. The number of aryl methyl sites for hydroxylation is 2. The number of alkyl halides is 4. The van der Waals surface area contributed by atoms with Crippen molar-refractivity contribution < 1.29 is 36.3 Å². The van der Waals surface area contributed by atoms with Gasteiger partial charge >= 0.3 is 6.36 Å². The van der Waals surface area contributed by atoms with E-state index in [1.807, 2.05) is 19.1 Å². The van der Waals surface area contributed by atoms with Crippen LogP contribution in [0.4, 0.5) is 27.8 Å². The van der Waals surface area contributed by atoms with Crippen LogP contribution in [0, 0.1) is 12.7 Å². The molecule has 0 aliphatic carbocycles. The van der Waals surface area contributed by atoms with Gasteiger partial charge in [-0.3, -0.25) is 19.3 Å². The van der Waals surface area contributed by atoms with E-state index in [-0.39, 0.29) is 43.1 Å².